The van der Waals surface area contributed by atoms with E-state index in [1.807, 2.05) is 12.1 Å². The van der Waals surface area contributed by atoms with Crippen molar-refractivity contribution in [1.82, 2.24) is 10.3 Å². The maximum atomic E-state index is 11.6. The Morgan fingerprint density at radius 3 is 2.94 bits per heavy atom. The molecular weight excluding hydrogens is 204 g/mol. The van der Waals surface area contributed by atoms with Crippen molar-refractivity contribution in [2.45, 2.75) is 13.0 Å². The van der Waals surface area contributed by atoms with Crippen molar-refractivity contribution in [2.75, 3.05) is 36.9 Å². The Morgan fingerprint density at radius 2 is 2.31 bits per heavy atom. The van der Waals surface area contributed by atoms with Gasteiger partial charge >= 0.3 is 0 Å². The fourth-order valence-corrected chi connectivity index (χ4v) is 2.00. The van der Waals surface area contributed by atoms with Crippen molar-refractivity contribution in [2.24, 2.45) is 0 Å². The van der Waals surface area contributed by atoms with Crippen LogP contribution in [-0.2, 0) is 0 Å². The summed E-state index contributed by atoms with van der Waals surface area (Å²) in [5, 5.41) is 6.23. The van der Waals surface area contributed by atoms with Crippen LogP contribution in [0, 0.1) is 0 Å². The maximum absolute atomic E-state index is 11.6. The zero-order valence-corrected chi connectivity index (χ0v) is 9.71. The lowest BCUT2D eigenvalue weighted by Crippen LogP contribution is -2.49. The normalized spacial score (nSPS) is 20.9. The van der Waals surface area contributed by atoms with E-state index in [9.17, 15) is 4.79 Å². The van der Waals surface area contributed by atoms with E-state index in [4.69, 9.17) is 0 Å². The van der Waals surface area contributed by atoms with Gasteiger partial charge in [-0.2, -0.15) is 0 Å². The number of nitrogens with zero attached hydrogens (tertiary/aromatic N) is 1. The van der Waals surface area contributed by atoms with Crippen molar-refractivity contribution < 1.29 is 0 Å². The Morgan fingerprint density at radius 1 is 1.50 bits per heavy atom. The highest BCUT2D eigenvalue weighted by atomic mass is 16.1. The topological polar surface area (TPSA) is 60.2 Å². The van der Waals surface area contributed by atoms with Crippen LogP contribution in [0.5, 0.6) is 0 Å². The Hall–Kier alpha value is -1.49. The van der Waals surface area contributed by atoms with Gasteiger partial charge in [0.05, 0.1) is 0 Å². The summed E-state index contributed by atoms with van der Waals surface area (Å²) in [5.41, 5.74) is 0.540. The van der Waals surface area contributed by atoms with Gasteiger partial charge in [-0.25, -0.2) is 0 Å². The van der Waals surface area contributed by atoms with Gasteiger partial charge in [-0.3, -0.25) is 4.79 Å². The molecule has 0 bridgehead atoms. The van der Waals surface area contributed by atoms with Crippen molar-refractivity contribution in [3.8, 4) is 0 Å². The van der Waals surface area contributed by atoms with E-state index in [1.54, 1.807) is 7.05 Å². The number of aromatic nitrogens is 1. The van der Waals surface area contributed by atoms with Crippen LogP contribution in [0.25, 0.3) is 0 Å². The number of rotatable bonds is 2. The molecule has 0 radical (unpaired) electrons. The molecule has 1 unspecified atom stereocenters. The Bertz CT molecular complexity index is 415. The summed E-state index contributed by atoms with van der Waals surface area (Å²) < 4.78 is 0. The van der Waals surface area contributed by atoms with Gasteiger partial charge in [-0.05, 0) is 19.1 Å². The van der Waals surface area contributed by atoms with Crippen LogP contribution in [0.2, 0.25) is 0 Å². The summed E-state index contributed by atoms with van der Waals surface area (Å²) in [4.78, 5) is 16.7. The fourth-order valence-electron chi connectivity index (χ4n) is 2.00. The highest BCUT2D eigenvalue weighted by Crippen LogP contribution is 2.12. The maximum Gasteiger partial charge on any atom is 0.272 e. The zero-order valence-electron chi connectivity index (χ0n) is 9.71. The Kier molecular flexibility index (Phi) is 3.14. The van der Waals surface area contributed by atoms with Crippen molar-refractivity contribution >= 4 is 11.5 Å². The average Bonchev–Trinajstić information content (AvgIpc) is 2.29. The van der Waals surface area contributed by atoms with E-state index in [0.717, 1.165) is 25.5 Å². The highest BCUT2D eigenvalue weighted by Gasteiger charge is 2.16. The molecule has 1 fully saturated rings. The van der Waals surface area contributed by atoms with E-state index in [1.165, 1.54) is 0 Å². The fraction of sp³-hybridized carbons (Fsp3) is 0.545. The number of piperazine rings is 1. The van der Waals surface area contributed by atoms with Crippen molar-refractivity contribution in [3.05, 3.63) is 22.5 Å². The average molecular weight is 222 g/mol. The lowest BCUT2D eigenvalue weighted by molar-refractivity contribution is 0.482. The largest absolute Gasteiger partial charge is 0.384 e. The quantitative estimate of drug-likeness (QED) is 0.669. The predicted molar refractivity (Wildman–Crippen MR) is 66.3 cm³/mol. The second-order valence-electron chi connectivity index (χ2n) is 4.14. The van der Waals surface area contributed by atoms with Crippen molar-refractivity contribution in [3.63, 3.8) is 0 Å². The first-order valence-electron chi connectivity index (χ1n) is 5.60. The highest BCUT2D eigenvalue weighted by molar-refractivity contribution is 5.48. The van der Waals surface area contributed by atoms with E-state index < -0.39 is 0 Å². The Labute approximate surface area is 94.9 Å². The molecule has 2 rings (SSSR count). The molecule has 88 valence electrons. The molecule has 0 aromatic carbocycles. The molecule has 1 aromatic heterocycles. The van der Waals surface area contributed by atoms with Crippen LogP contribution in [-0.4, -0.2) is 37.7 Å². The van der Waals surface area contributed by atoms with Gasteiger partial charge in [0.2, 0.25) is 0 Å². The Balaban J connectivity index is 2.20. The molecule has 0 saturated carbocycles. The third-order valence-corrected chi connectivity index (χ3v) is 2.87. The molecule has 5 heteroatoms. The molecule has 1 saturated heterocycles. The first-order chi connectivity index (χ1) is 7.70. The zero-order chi connectivity index (χ0) is 11.5. The molecule has 1 atom stereocenters. The van der Waals surface area contributed by atoms with Gasteiger partial charge in [-0.15, -0.1) is 0 Å². The number of H-pyrrole nitrogens is 1. The van der Waals surface area contributed by atoms with Crippen molar-refractivity contribution in [1.29, 1.82) is 0 Å². The SMILES string of the molecule is CNc1ccc(N2CCNC(C)C2)[nH]c1=O. The minimum atomic E-state index is -0.0637. The third-order valence-electron chi connectivity index (χ3n) is 2.87. The van der Waals surface area contributed by atoms with Crippen LogP contribution < -0.4 is 21.1 Å². The molecule has 2 heterocycles. The lowest BCUT2D eigenvalue weighted by atomic mass is 10.2. The van der Waals surface area contributed by atoms with E-state index >= 15 is 0 Å². The van der Waals surface area contributed by atoms with Gasteiger partial charge in [0.15, 0.2) is 0 Å². The van der Waals surface area contributed by atoms with Gasteiger partial charge in [0, 0.05) is 32.7 Å². The van der Waals surface area contributed by atoms with Gasteiger partial charge in [0.1, 0.15) is 11.5 Å². The molecular formula is C11H18N4O. The smallest absolute Gasteiger partial charge is 0.272 e. The van der Waals surface area contributed by atoms with Gasteiger partial charge in [-0.1, -0.05) is 0 Å². The van der Waals surface area contributed by atoms with Crippen LogP contribution in [0.3, 0.4) is 0 Å². The van der Waals surface area contributed by atoms with Crippen LogP contribution in [0.1, 0.15) is 6.92 Å². The van der Waals surface area contributed by atoms with Crippen LogP contribution >= 0.6 is 0 Å². The first kappa shape index (κ1) is 11.0. The van der Waals surface area contributed by atoms with Crippen LogP contribution in [0.4, 0.5) is 11.5 Å². The minimum absolute atomic E-state index is 0.0637. The van der Waals surface area contributed by atoms with E-state index in [-0.39, 0.29) is 5.56 Å². The number of nitrogens with one attached hydrogen (secondary N) is 3. The monoisotopic (exact) mass is 222 g/mol. The minimum Gasteiger partial charge on any atom is -0.384 e. The predicted octanol–water partition coefficient (Wildman–Crippen LogP) is 0.215. The van der Waals surface area contributed by atoms with E-state index in [2.05, 4.69) is 27.4 Å². The van der Waals surface area contributed by atoms with Gasteiger partial charge in [0.25, 0.3) is 5.56 Å². The molecule has 0 amide bonds. The first-order valence-corrected chi connectivity index (χ1v) is 5.60. The molecule has 1 aromatic rings. The number of hydrogen-bond acceptors (Lipinski definition) is 4. The molecule has 0 aliphatic carbocycles. The number of hydrogen-bond donors (Lipinski definition) is 3. The van der Waals surface area contributed by atoms with E-state index in [0.29, 0.717) is 11.7 Å². The molecule has 0 spiro atoms. The molecule has 16 heavy (non-hydrogen) atoms. The summed E-state index contributed by atoms with van der Waals surface area (Å²) in [7, 11) is 1.75. The number of anilines is 2. The number of pyridine rings is 1. The molecule has 3 N–H and O–H groups in total. The number of aromatic amines is 1. The molecule has 5 nitrogen and oxygen atoms in total. The van der Waals surface area contributed by atoms with Gasteiger partial charge < -0.3 is 20.5 Å². The summed E-state index contributed by atoms with van der Waals surface area (Å²) >= 11 is 0. The summed E-state index contributed by atoms with van der Waals surface area (Å²) in [6.07, 6.45) is 0. The molecule has 1 aliphatic rings. The second-order valence-corrected chi connectivity index (χ2v) is 4.14. The summed E-state index contributed by atoms with van der Waals surface area (Å²) in [5.74, 6) is 0.900. The summed E-state index contributed by atoms with van der Waals surface area (Å²) in [6, 6.07) is 4.23. The standard InChI is InChI=1S/C11H18N4O/c1-8-7-15(6-5-13-8)10-4-3-9(12-2)11(16)14-10/h3-4,8,12-13H,5-7H2,1-2H3,(H,14,16). The summed E-state index contributed by atoms with van der Waals surface area (Å²) in [6.45, 7) is 4.96. The molecule has 1 aliphatic heterocycles. The third kappa shape index (κ3) is 2.19. The van der Waals surface area contributed by atoms with Crippen LogP contribution in [0.15, 0.2) is 16.9 Å². The second kappa shape index (κ2) is 4.57. The lowest BCUT2D eigenvalue weighted by Gasteiger charge is -2.33.